The number of fused-ring (bicyclic) bond motifs is 1. The lowest BCUT2D eigenvalue weighted by molar-refractivity contribution is -0.119. The fourth-order valence-electron chi connectivity index (χ4n) is 5.06. The second kappa shape index (κ2) is 5.98. The number of carbonyl (C=O) groups is 1. The number of rotatable bonds is 4. The molecule has 0 aromatic rings. The number of hydrogen-bond donors (Lipinski definition) is 0. The minimum atomic E-state index is 0.160. The van der Waals surface area contributed by atoms with Crippen LogP contribution in [0.4, 0.5) is 0 Å². The van der Waals surface area contributed by atoms with E-state index in [1.54, 1.807) is 13.2 Å². The van der Waals surface area contributed by atoms with E-state index in [1.807, 2.05) is 0 Å². The van der Waals surface area contributed by atoms with E-state index >= 15 is 0 Å². The van der Waals surface area contributed by atoms with Gasteiger partial charge in [0.1, 0.15) is 0 Å². The predicted octanol–water partition coefficient (Wildman–Crippen LogP) is 4.90. The van der Waals surface area contributed by atoms with Gasteiger partial charge < -0.3 is 4.74 Å². The number of ketones is 1. The van der Waals surface area contributed by atoms with Crippen LogP contribution in [0.25, 0.3) is 0 Å². The summed E-state index contributed by atoms with van der Waals surface area (Å²) in [5.41, 5.74) is 1.90. The Morgan fingerprint density at radius 2 is 2.10 bits per heavy atom. The molecule has 2 aliphatic rings. The molecule has 2 aliphatic carbocycles. The molecule has 0 amide bonds. The maximum absolute atomic E-state index is 12.2. The van der Waals surface area contributed by atoms with E-state index in [9.17, 15) is 4.79 Å². The summed E-state index contributed by atoms with van der Waals surface area (Å²) in [5, 5.41) is 0. The number of carbonyl (C=O) groups excluding carboxylic acids is 1. The van der Waals surface area contributed by atoms with Gasteiger partial charge in [0.2, 0.25) is 0 Å². The van der Waals surface area contributed by atoms with Crippen LogP contribution in [0.2, 0.25) is 0 Å². The molecule has 0 aromatic heterocycles. The van der Waals surface area contributed by atoms with Crippen molar-refractivity contribution in [2.45, 2.75) is 59.3 Å². The summed E-state index contributed by atoms with van der Waals surface area (Å²) in [6.45, 7) is 11.5. The van der Waals surface area contributed by atoms with Crippen molar-refractivity contribution in [1.29, 1.82) is 0 Å². The monoisotopic (exact) mass is 290 g/mol. The minimum absolute atomic E-state index is 0.160. The molecule has 0 saturated heterocycles. The maximum atomic E-state index is 12.2. The first kappa shape index (κ1) is 16.3. The molecule has 0 spiro atoms. The topological polar surface area (TPSA) is 26.3 Å². The Labute approximate surface area is 129 Å². The summed E-state index contributed by atoms with van der Waals surface area (Å²) in [5.74, 6) is 1.19. The van der Waals surface area contributed by atoms with Gasteiger partial charge in [-0.15, -0.1) is 0 Å². The van der Waals surface area contributed by atoms with Crippen LogP contribution in [-0.2, 0) is 9.53 Å². The predicted molar refractivity (Wildman–Crippen MR) is 86.9 cm³/mol. The van der Waals surface area contributed by atoms with Gasteiger partial charge in [-0.3, -0.25) is 4.79 Å². The quantitative estimate of drug-likeness (QED) is 0.418. The van der Waals surface area contributed by atoms with Crippen molar-refractivity contribution < 1.29 is 9.53 Å². The van der Waals surface area contributed by atoms with Crippen molar-refractivity contribution in [3.05, 3.63) is 24.5 Å². The number of ether oxygens (including phenoxy) is 1. The Morgan fingerprint density at radius 1 is 1.38 bits per heavy atom. The van der Waals surface area contributed by atoms with E-state index in [2.05, 4.69) is 27.4 Å². The van der Waals surface area contributed by atoms with Crippen LogP contribution in [0.5, 0.6) is 0 Å². The maximum Gasteiger partial charge on any atom is 0.159 e. The average molecular weight is 290 g/mol. The van der Waals surface area contributed by atoms with E-state index < -0.39 is 0 Å². The standard InChI is InChI=1S/C19H30O2/c1-14-7-8-17-18(2,3)10-6-11-19(17,4)16(14)13-15(20)9-12-21-5/h9,12,16-17H,1,6-8,10-11,13H2,2-5H3/b12-9+/t16-,17-,19+/m0/s1. The highest BCUT2D eigenvalue weighted by Gasteiger charge is 2.52. The molecule has 3 atom stereocenters. The smallest absolute Gasteiger partial charge is 0.159 e. The molecule has 2 rings (SSSR count). The van der Waals surface area contributed by atoms with Crippen LogP contribution >= 0.6 is 0 Å². The molecule has 118 valence electrons. The molecule has 0 radical (unpaired) electrons. The summed E-state index contributed by atoms with van der Waals surface area (Å²) in [7, 11) is 1.57. The van der Waals surface area contributed by atoms with E-state index in [0.29, 0.717) is 23.7 Å². The molecule has 0 N–H and O–H groups in total. The largest absolute Gasteiger partial charge is 0.504 e. The second-order valence-electron chi connectivity index (χ2n) is 7.86. The zero-order chi connectivity index (χ0) is 15.7. The first-order valence-corrected chi connectivity index (χ1v) is 8.21. The molecule has 2 nitrogen and oxygen atoms in total. The lowest BCUT2D eigenvalue weighted by Gasteiger charge is -2.58. The molecular weight excluding hydrogens is 260 g/mol. The lowest BCUT2D eigenvalue weighted by Crippen LogP contribution is -2.49. The second-order valence-corrected chi connectivity index (χ2v) is 7.86. The van der Waals surface area contributed by atoms with Crippen LogP contribution < -0.4 is 0 Å². The first-order valence-electron chi connectivity index (χ1n) is 8.21. The number of methoxy groups -OCH3 is 1. The highest BCUT2D eigenvalue weighted by atomic mass is 16.5. The highest BCUT2D eigenvalue weighted by Crippen LogP contribution is 2.61. The van der Waals surface area contributed by atoms with Gasteiger partial charge in [0.25, 0.3) is 0 Å². The van der Waals surface area contributed by atoms with Crippen LogP contribution in [0, 0.1) is 22.7 Å². The van der Waals surface area contributed by atoms with Crippen LogP contribution in [-0.4, -0.2) is 12.9 Å². The molecule has 0 heterocycles. The Kier molecular flexibility index (Phi) is 4.65. The molecule has 0 aromatic carbocycles. The fraction of sp³-hybridized carbons (Fsp3) is 0.737. The normalized spacial score (nSPS) is 35.5. The number of hydrogen-bond acceptors (Lipinski definition) is 2. The van der Waals surface area contributed by atoms with E-state index in [-0.39, 0.29) is 11.2 Å². The van der Waals surface area contributed by atoms with Gasteiger partial charge in [0, 0.05) is 12.5 Å². The van der Waals surface area contributed by atoms with Gasteiger partial charge >= 0.3 is 0 Å². The van der Waals surface area contributed by atoms with E-state index in [0.717, 1.165) is 6.42 Å². The van der Waals surface area contributed by atoms with Gasteiger partial charge in [-0.05, 0) is 48.3 Å². The highest BCUT2D eigenvalue weighted by molar-refractivity contribution is 5.89. The summed E-state index contributed by atoms with van der Waals surface area (Å²) >= 11 is 0. The van der Waals surface area contributed by atoms with Crippen LogP contribution in [0.1, 0.15) is 59.3 Å². The molecule has 21 heavy (non-hydrogen) atoms. The Hall–Kier alpha value is -1.05. The Morgan fingerprint density at radius 3 is 2.76 bits per heavy atom. The van der Waals surface area contributed by atoms with Gasteiger partial charge in [-0.1, -0.05) is 39.3 Å². The third-order valence-electron chi connectivity index (χ3n) is 6.11. The number of allylic oxidation sites excluding steroid dienone is 2. The third-order valence-corrected chi connectivity index (χ3v) is 6.11. The summed E-state index contributed by atoms with van der Waals surface area (Å²) in [6.07, 6.45) is 9.76. The minimum Gasteiger partial charge on any atom is -0.504 e. The van der Waals surface area contributed by atoms with Gasteiger partial charge in [-0.25, -0.2) is 0 Å². The summed E-state index contributed by atoms with van der Waals surface area (Å²) in [6, 6.07) is 0. The SMILES string of the molecule is C=C1CC[C@H]2C(C)(C)CCC[C@]2(C)[C@H]1CC(=O)/C=C/OC. The zero-order valence-electron chi connectivity index (χ0n) is 14.1. The molecule has 2 heteroatoms. The van der Waals surface area contributed by atoms with Crippen molar-refractivity contribution in [3.63, 3.8) is 0 Å². The molecule has 0 aliphatic heterocycles. The Balaban J connectivity index is 2.23. The fourth-order valence-corrected chi connectivity index (χ4v) is 5.06. The van der Waals surface area contributed by atoms with Crippen molar-refractivity contribution >= 4 is 5.78 Å². The van der Waals surface area contributed by atoms with Gasteiger partial charge in [-0.2, -0.15) is 0 Å². The zero-order valence-corrected chi connectivity index (χ0v) is 14.1. The molecule has 2 fully saturated rings. The first-order chi connectivity index (χ1) is 9.81. The lowest BCUT2D eigenvalue weighted by atomic mass is 9.47. The van der Waals surface area contributed by atoms with Crippen molar-refractivity contribution in [3.8, 4) is 0 Å². The summed E-state index contributed by atoms with van der Waals surface area (Å²) < 4.78 is 4.87. The van der Waals surface area contributed by atoms with Gasteiger partial charge in [0.15, 0.2) is 5.78 Å². The molecular formula is C19H30O2. The van der Waals surface area contributed by atoms with E-state index in [1.165, 1.54) is 37.5 Å². The van der Waals surface area contributed by atoms with Crippen molar-refractivity contribution in [1.82, 2.24) is 0 Å². The summed E-state index contributed by atoms with van der Waals surface area (Å²) in [4.78, 5) is 12.2. The van der Waals surface area contributed by atoms with Crippen LogP contribution in [0.15, 0.2) is 24.5 Å². The van der Waals surface area contributed by atoms with Crippen molar-refractivity contribution in [2.24, 2.45) is 22.7 Å². The molecule has 0 bridgehead atoms. The average Bonchev–Trinajstić information content (AvgIpc) is 2.39. The molecule has 0 unspecified atom stereocenters. The van der Waals surface area contributed by atoms with E-state index in [4.69, 9.17) is 4.74 Å². The van der Waals surface area contributed by atoms with Crippen LogP contribution in [0.3, 0.4) is 0 Å². The molecule has 2 saturated carbocycles. The Bertz CT molecular complexity index is 446. The van der Waals surface area contributed by atoms with Crippen molar-refractivity contribution in [2.75, 3.05) is 7.11 Å². The third kappa shape index (κ3) is 3.09. The van der Waals surface area contributed by atoms with Gasteiger partial charge in [0.05, 0.1) is 13.4 Å².